The zero-order valence-electron chi connectivity index (χ0n) is 9.75. The summed E-state index contributed by atoms with van der Waals surface area (Å²) in [4.78, 5) is 2.31. The van der Waals surface area contributed by atoms with Crippen LogP contribution in [0.4, 0.5) is 4.39 Å². The van der Waals surface area contributed by atoms with Crippen LogP contribution < -0.4 is 5.73 Å². The molecule has 0 amide bonds. The second kappa shape index (κ2) is 4.52. The van der Waals surface area contributed by atoms with Crippen molar-refractivity contribution in [1.82, 2.24) is 4.90 Å². The van der Waals surface area contributed by atoms with Crippen LogP contribution >= 0.6 is 0 Å². The number of halogens is 1. The summed E-state index contributed by atoms with van der Waals surface area (Å²) in [5, 5.41) is 0. The van der Waals surface area contributed by atoms with Gasteiger partial charge >= 0.3 is 0 Å². The molecule has 1 aromatic rings. The molecule has 2 rings (SSSR count). The summed E-state index contributed by atoms with van der Waals surface area (Å²) in [5.74, 6) is -0.175. The summed E-state index contributed by atoms with van der Waals surface area (Å²) in [6.45, 7) is 4.95. The van der Waals surface area contributed by atoms with Crippen LogP contribution in [0.5, 0.6) is 0 Å². The van der Waals surface area contributed by atoms with Crippen LogP contribution in [0.1, 0.15) is 25.3 Å². The smallest absolute Gasteiger partial charge is 0.123 e. The predicted octanol–water partition coefficient (Wildman–Crippen LogP) is 2.14. The monoisotopic (exact) mass is 222 g/mol. The van der Waals surface area contributed by atoms with E-state index >= 15 is 0 Å². The van der Waals surface area contributed by atoms with E-state index in [2.05, 4.69) is 11.8 Å². The quantitative estimate of drug-likeness (QED) is 0.845. The molecule has 1 aliphatic rings. The first-order valence-electron chi connectivity index (χ1n) is 5.87. The number of rotatable bonds is 4. The maximum atomic E-state index is 12.7. The van der Waals surface area contributed by atoms with Gasteiger partial charge in [0.2, 0.25) is 0 Å². The van der Waals surface area contributed by atoms with Gasteiger partial charge in [-0.15, -0.1) is 0 Å². The lowest BCUT2D eigenvalue weighted by molar-refractivity contribution is 0.0567. The molecule has 0 aromatic heterocycles. The summed E-state index contributed by atoms with van der Waals surface area (Å²) in [6.07, 6.45) is 2.23. The molecular weight excluding hydrogens is 203 g/mol. The van der Waals surface area contributed by atoms with Gasteiger partial charge in [-0.05, 0) is 24.1 Å². The van der Waals surface area contributed by atoms with Crippen molar-refractivity contribution in [3.05, 3.63) is 35.6 Å². The molecule has 0 aliphatic carbocycles. The zero-order chi connectivity index (χ0) is 11.6. The highest BCUT2D eigenvalue weighted by molar-refractivity contribution is 5.17. The third-order valence-electron chi connectivity index (χ3n) is 3.14. The first-order chi connectivity index (χ1) is 7.61. The van der Waals surface area contributed by atoms with Gasteiger partial charge in [0.05, 0.1) is 0 Å². The summed E-state index contributed by atoms with van der Waals surface area (Å²) in [6, 6.07) is 6.70. The van der Waals surface area contributed by atoms with Crippen molar-refractivity contribution in [3.63, 3.8) is 0 Å². The van der Waals surface area contributed by atoms with Crippen molar-refractivity contribution in [2.24, 2.45) is 5.73 Å². The Labute approximate surface area is 96.2 Å². The maximum absolute atomic E-state index is 12.7. The van der Waals surface area contributed by atoms with Crippen LogP contribution in [0.2, 0.25) is 0 Å². The molecule has 1 saturated heterocycles. The largest absolute Gasteiger partial charge is 0.323 e. The van der Waals surface area contributed by atoms with Crippen molar-refractivity contribution in [2.45, 2.75) is 31.8 Å². The van der Waals surface area contributed by atoms with E-state index in [1.807, 2.05) is 12.1 Å². The Balaban J connectivity index is 1.83. The van der Waals surface area contributed by atoms with Gasteiger partial charge in [0, 0.05) is 25.2 Å². The normalized spacial score (nSPS) is 19.4. The number of benzene rings is 1. The van der Waals surface area contributed by atoms with E-state index in [4.69, 9.17) is 5.73 Å². The fourth-order valence-electron chi connectivity index (χ4n) is 2.46. The van der Waals surface area contributed by atoms with Crippen molar-refractivity contribution in [1.29, 1.82) is 0 Å². The van der Waals surface area contributed by atoms with Crippen LogP contribution in [-0.4, -0.2) is 23.5 Å². The maximum Gasteiger partial charge on any atom is 0.123 e. The Morgan fingerprint density at radius 3 is 2.50 bits per heavy atom. The highest BCUT2D eigenvalue weighted by atomic mass is 19.1. The fraction of sp³-hybridized carbons (Fsp3) is 0.538. The van der Waals surface area contributed by atoms with Gasteiger partial charge in [0.25, 0.3) is 0 Å². The minimum atomic E-state index is -0.175. The molecule has 2 N–H and O–H groups in total. The second-order valence-corrected chi connectivity index (χ2v) is 4.88. The van der Waals surface area contributed by atoms with E-state index in [0.29, 0.717) is 0 Å². The molecule has 88 valence electrons. The lowest BCUT2D eigenvalue weighted by Gasteiger charge is -2.48. The first kappa shape index (κ1) is 11.6. The summed E-state index contributed by atoms with van der Waals surface area (Å²) in [5.41, 5.74) is 7.36. The van der Waals surface area contributed by atoms with E-state index in [1.54, 1.807) is 0 Å². The Bertz CT molecular complexity index is 341. The molecule has 0 atom stereocenters. The Morgan fingerprint density at radius 1 is 1.31 bits per heavy atom. The molecule has 1 aliphatic heterocycles. The van der Waals surface area contributed by atoms with Gasteiger partial charge in [-0.1, -0.05) is 25.5 Å². The van der Waals surface area contributed by atoms with Gasteiger partial charge < -0.3 is 5.73 Å². The summed E-state index contributed by atoms with van der Waals surface area (Å²) >= 11 is 0. The fourth-order valence-corrected chi connectivity index (χ4v) is 2.46. The van der Waals surface area contributed by atoms with E-state index < -0.39 is 0 Å². The SMILES string of the molecule is CCCC1(N)CN(Cc2ccc(F)cc2)C1. The number of nitrogens with two attached hydrogens (primary N) is 1. The van der Waals surface area contributed by atoms with E-state index in [0.717, 1.165) is 38.0 Å². The van der Waals surface area contributed by atoms with Crippen LogP contribution in [0.3, 0.4) is 0 Å². The van der Waals surface area contributed by atoms with Crippen LogP contribution in [0, 0.1) is 5.82 Å². The van der Waals surface area contributed by atoms with Crippen molar-refractivity contribution in [2.75, 3.05) is 13.1 Å². The third-order valence-corrected chi connectivity index (χ3v) is 3.14. The lowest BCUT2D eigenvalue weighted by atomic mass is 9.86. The number of hydrogen-bond donors (Lipinski definition) is 1. The van der Waals surface area contributed by atoms with Crippen LogP contribution in [0.15, 0.2) is 24.3 Å². The van der Waals surface area contributed by atoms with E-state index in [1.165, 1.54) is 12.1 Å². The second-order valence-electron chi connectivity index (χ2n) is 4.88. The van der Waals surface area contributed by atoms with Gasteiger partial charge in [-0.25, -0.2) is 4.39 Å². The van der Waals surface area contributed by atoms with Crippen LogP contribution in [0.25, 0.3) is 0 Å². The summed E-state index contributed by atoms with van der Waals surface area (Å²) < 4.78 is 12.7. The Kier molecular flexibility index (Phi) is 3.26. The molecule has 16 heavy (non-hydrogen) atoms. The summed E-state index contributed by atoms with van der Waals surface area (Å²) in [7, 11) is 0. The molecule has 0 radical (unpaired) electrons. The molecule has 1 aromatic carbocycles. The number of nitrogens with zero attached hydrogens (tertiary/aromatic N) is 1. The van der Waals surface area contributed by atoms with Crippen LogP contribution in [-0.2, 0) is 6.54 Å². The Hall–Kier alpha value is -0.930. The molecule has 3 heteroatoms. The van der Waals surface area contributed by atoms with Crippen molar-refractivity contribution < 1.29 is 4.39 Å². The highest BCUT2D eigenvalue weighted by Gasteiger charge is 2.37. The van der Waals surface area contributed by atoms with E-state index in [-0.39, 0.29) is 11.4 Å². The van der Waals surface area contributed by atoms with E-state index in [9.17, 15) is 4.39 Å². The lowest BCUT2D eigenvalue weighted by Crippen LogP contribution is -2.66. The molecular formula is C13H19FN2. The predicted molar refractivity (Wildman–Crippen MR) is 63.5 cm³/mol. The molecule has 2 nitrogen and oxygen atoms in total. The van der Waals surface area contributed by atoms with Gasteiger partial charge in [0.1, 0.15) is 5.82 Å². The van der Waals surface area contributed by atoms with Crippen molar-refractivity contribution >= 4 is 0 Å². The number of likely N-dealkylation sites (tertiary alicyclic amines) is 1. The topological polar surface area (TPSA) is 29.3 Å². The number of hydrogen-bond acceptors (Lipinski definition) is 2. The average molecular weight is 222 g/mol. The van der Waals surface area contributed by atoms with Gasteiger partial charge in [-0.2, -0.15) is 0 Å². The standard InChI is InChI=1S/C13H19FN2/c1-2-7-13(15)9-16(10-13)8-11-3-5-12(14)6-4-11/h3-6H,2,7-10,15H2,1H3. The van der Waals surface area contributed by atoms with Crippen molar-refractivity contribution in [3.8, 4) is 0 Å². The molecule has 0 unspecified atom stereocenters. The molecule has 1 heterocycles. The molecule has 0 saturated carbocycles. The van der Waals surface area contributed by atoms with Gasteiger partial charge in [-0.3, -0.25) is 4.90 Å². The van der Waals surface area contributed by atoms with Gasteiger partial charge in [0.15, 0.2) is 0 Å². The molecule has 1 fully saturated rings. The molecule has 0 bridgehead atoms. The molecule has 0 spiro atoms. The third kappa shape index (κ3) is 2.60. The minimum Gasteiger partial charge on any atom is -0.323 e. The minimum absolute atomic E-state index is 0.0226. The zero-order valence-corrected chi connectivity index (χ0v) is 9.75. The average Bonchev–Trinajstić information content (AvgIpc) is 2.19. The highest BCUT2D eigenvalue weighted by Crippen LogP contribution is 2.24. The first-order valence-corrected chi connectivity index (χ1v) is 5.87. The Morgan fingerprint density at radius 2 is 1.94 bits per heavy atom.